The summed E-state index contributed by atoms with van der Waals surface area (Å²) in [5, 5.41) is 1.08. The smallest absolute Gasteiger partial charge is 0.168 e. The highest BCUT2D eigenvalue weighted by molar-refractivity contribution is 6.09. The first kappa shape index (κ1) is 11.3. The molecule has 0 spiro atoms. The quantitative estimate of drug-likeness (QED) is 0.578. The van der Waals surface area contributed by atoms with E-state index in [4.69, 9.17) is 0 Å². The molecule has 0 fully saturated rings. The summed E-state index contributed by atoms with van der Waals surface area (Å²) in [5.74, 6) is 0.469. The Bertz CT molecular complexity index is 621. The largest absolute Gasteiger partial charge is 0.350 e. The molecule has 18 heavy (non-hydrogen) atoms. The Morgan fingerprint density at radius 1 is 1.28 bits per heavy atom. The van der Waals surface area contributed by atoms with E-state index in [2.05, 4.69) is 18.2 Å². The number of aryl methyl sites for hydroxylation is 1. The van der Waals surface area contributed by atoms with E-state index in [0.29, 0.717) is 5.78 Å². The normalized spacial score (nSPS) is 19.3. The molecular weight excluding hydrogens is 222 g/mol. The molecule has 1 aliphatic carbocycles. The Morgan fingerprint density at radius 2 is 2.11 bits per heavy atom. The highest BCUT2D eigenvalue weighted by Crippen LogP contribution is 2.27. The molecule has 3 rings (SSSR count). The van der Waals surface area contributed by atoms with E-state index in [-0.39, 0.29) is 5.92 Å². The van der Waals surface area contributed by atoms with E-state index in [0.717, 1.165) is 35.7 Å². The van der Waals surface area contributed by atoms with Gasteiger partial charge in [0, 0.05) is 35.6 Å². The highest BCUT2D eigenvalue weighted by Gasteiger charge is 2.23. The fraction of sp³-hybridized carbons (Fsp3) is 0.312. The number of rotatable bonds is 2. The fourth-order valence-corrected chi connectivity index (χ4v) is 2.79. The van der Waals surface area contributed by atoms with Crippen molar-refractivity contribution in [1.82, 2.24) is 4.57 Å². The minimum Gasteiger partial charge on any atom is -0.350 e. The molecule has 1 aliphatic rings. The van der Waals surface area contributed by atoms with Gasteiger partial charge >= 0.3 is 0 Å². The number of carbonyl (C=O) groups excluding carboxylic acids is 1. The summed E-state index contributed by atoms with van der Waals surface area (Å²) in [5.41, 5.74) is 2.01. The number of allylic oxidation sites excluding steroid dienone is 2. The van der Waals surface area contributed by atoms with Crippen molar-refractivity contribution in [2.45, 2.75) is 19.3 Å². The predicted molar refractivity (Wildman–Crippen MR) is 73.7 cm³/mol. The van der Waals surface area contributed by atoms with Crippen LogP contribution in [0.15, 0.2) is 42.6 Å². The van der Waals surface area contributed by atoms with Crippen LogP contribution in [0.3, 0.4) is 0 Å². The molecule has 1 atom stereocenters. The number of Topliss-reactive ketones (excluding diaryl/α,β-unsaturated/α-hetero) is 1. The Morgan fingerprint density at radius 3 is 2.89 bits per heavy atom. The molecule has 2 nitrogen and oxygen atoms in total. The van der Waals surface area contributed by atoms with Crippen LogP contribution in [0.5, 0.6) is 0 Å². The number of hydrogen-bond donors (Lipinski definition) is 0. The van der Waals surface area contributed by atoms with Crippen molar-refractivity contribution in [1.29, 1.82) is 0 Å². The first-order valence-corrected chi connectivity index (χ1v) is 6.50. The van der Waals surface area contributed by atoms with Gasteiger partial charge in [-0.3, -0.25) is 4.79 Å². The predicted octanol–water partition coefficient (Wildman–Crippen LogP) is 3.72. The van der Waals surface area contributed by atoms with Crippen LogP contribution in [0.25, 0.3) is 10.9 Å². The first-order valence-electron chi connectivity index (χ1n) is 6.50. The Labute approximate surface area is 107 Å². The van der Waals surface area contributed by atoms with E-state index < -0.39 is 0 Å². The second kappa shape index (κ2) is 4.45. The summed E-state index contributed by atoms with van der Waals surface area (Å²) in [4.78, 5) is 12.6. The molecule has 0 unspecified atom stereocenters. The number of carbonyl (C=O) groups is 1. The van der Waals surface area contributed by atoms with Crippen molar-refractivity contribution in [2.75, 3.05) is 0 Å². The van der Waals surface area contributed by atoms with Crippen LogP contribution in [-0.4, -0.2) is 10.4 Å². The number of nitrogens with zero attached hydrogens (tertiary/aromatic N) is 1. The second-order valence-corrected chi connectivity index (χ2v) is 5.02. The Balaban J connectivity index is 2.03. The number of fused-ring (bicyclic) bond motifs is 1. The van der Waals surface area contributed by atoms with Gasteiger partial charge in [0.1, 0.15) is 0 Å². The summed E-state index contributed by atoms with van der Waals surface area (Å²) in [6.07, 6.45) is 9.19. The molecule has 0 saturated heterocycles. The molecule has 1 aromatic heterocycles. The molecule has 0 aliphatic heterocycles. The van der Waals surface area contributed by atoms with Crippen molar-refractivity contribution in [3.8, 4) is 0 Å². The molecule has 92 valence electrons. The van der Waals surface area contributed by atoms with Gasteiger partial charge in [-0.1, -0.05) is 30.4 Å². The van der Waals surface area contributed by atoms with E-state index in [1.54, 1.807) is 0 Å². The van der Waals surface area contributed by atoms with Gasteiger partial charge in [0.15, 0.2) is 5.78 Å². The molecule has 0 radical (unpaired) electrons. The SMILES string of the molecule is Cn1cc(C(=O)[C@@H]2CC=CCC2)c2ccccc21. The van der Waals surface area contributed by atoms with Crippen molar-refractivity contribution in [2.24, 2.45) is 13.0 Å². The minimum absolute atomic E-state index is 0.167. The molecule has 0 bridgehead atoms. The van der Waals surface area contributed by atoms with Gasteiger partial charge < -0.3 is 4.57 Å². The van der Waals surface area contributed by atoms with Gasteiger partial charge in [-0.05, 0) is 25.3 Å². The van der Waals surface area contributed by atoms with Crippen LogP contribution in [-0.2, 0) is 7.05 Å². The van der Waals surface area contributed by atoms with Gasteiger partial charge in [-0.25, -0.2) is 0 Å². The van der Waals surface area contributed by atoms with Crippen molar-refractivity contribution >= 4 is 16.7 Å². The zero-order valence-corrected chi connectivity index (χ0v) is 10.6. The zero-order chi connectivity index (χ0) is 12.5. The maximum Gasteiger partial charge on any atom is 0.168 e. The van der Waals surface area contributed by atoms with Crippen molar-refractivity contribution < 1.29 is 4.79 Å². The zero-order valence-electron chi connectivity index (χ0n) is 10.6. The van der Waals surface area contributed by atoms with E-state index >= 15 is 0 Å². The highest BCUT2D eigenvalue weighted by atomic mass is 16.1. The molecular formula is C16H17NO. The standard InChI is InChI=1S/C16H17NO/c1-17-11-14(13-9-5-6-10-15(13)17)16(18)12-7-3-2-4-8-12/h2-3,5-6,9-12H,4,7-8H2,1H3/t12-/m1/s1. The van der Waals surface area contributed by atoms with Crippen LogP contribution < -0.4 is 0 Å². The first-order chi connectivity index (χ1) is 8.77. The monoisotopic (exact) mass is 239 g/mol. The van der Waals surface area contributed by atoms with Crippen LogP contribution in [0.1, 0.15) is 29.6 Å². The lowest BCUT2D eigenvalue weighted by Gasteiger charge is -2.15. The Kier molecular flexibility index (Phi) is 2.78. The summed E-state index contributed by atoms with van der Waals surface area (Å²) in [6.45, 7) is 0. The van der Waals surface area contributed by atoms with Crippen molar-refractivity contribution in [3.05, 3.63) is 48.2 Å². The van der Waals surface area contributed by atoms with Gasteiger partial charge in [0.05, 0.1) is 0 Å². The van der Waals surface area contributed by atoms with E-state index in [1.807, 2.05) is 36.0 Å². The molecule has 0 saturated carbocycles. The third-order valence-electron chi connectivity index (χ3n) is 3.80. The molecule has 1 heterocycles. The van der Waals surface area contributed by atoms with Gasteiger partial charge in [-0.2, -0.15) is 0 Å². The Hall–Kier alpha value is -1.83. The fourth-order valence-electron chi connectivity index (χ4n) is 2.79. The number of aromatic nitrogens is 1. The lowest BCUT2D eigenvalue weighted by atomic mass is 9.87. The lowest BCUT2D eigenvalue weighted by molar-refractivity contribution is 0.0914. The number of hydrogen-bond acceptors (Lipinski definition) is 1. The maximum absolute atomic E-state index is 12.6. The summed E-state index contributed by atoms with van der Waals surface area (Å²) >= 11 is 0. The van der Waals surface area contributed by atoms with E-state index in [9.17, 15) is 4.79 Å². The van der Waals surface area contributed by atoms with E-state index in [1.165, 1.54) is 0 Å². The van der Waals surface area contributed by atoms with Gasteiger partial charge in [0.2, 0.25) is 0 Å². The second-order valence-electron chi connectivity index (χ2n) is 5.02. The molecule has 1 aromatic carbocycles. The molecule has 0 amide bonds. The van der Waals surface area contributed by atoms with Crippen LogP contribution in [0.4, 0.5) is 0 Å². The molecule has 2 heteroatoms. The summed E-state index contributed by atoms with van der Waals surface area (Å²) in [7, 11) is 2.00. The minimum atomic E-state index is 0.167. The summed E-state index contributed by atoms with van der Waals surface area (Å²) in [6, 6.07) is 8.12. The topological polar surface area (TPSA) is 22.0 Å². The average Bonchev–Trinajstić information content (AvgIpc) is 2.77. The van der Waals surface area contributed by atoms with Gasteiger partial charge in [0.25, 0.3) is 0 Å². The number of para-hydroxylation sites is 1. The van der Waals surface area contributed by atoms with Crippen molar-refractivity contribution in [3.63, 3.8) is 0 Å². The molecule has 2 aromatic rings. The third-order valence-corrected chi connectivity index (χ3v) is 3.80. The van der Waals surface area contributed by atoms with Crippen LogP contribution in [0, 0.1) is 5.92 Å². The lowest BCUT2D eigenvalue weighted by Crippen LogP contribution is -2.15. The van der Waals surface area contributed by atoms with Crippen LogP contribution >= 0.6 is 0 Å². The molecule has 0 N–H and O–H groups in total. The van der Waals surface area contributed by atoms with Crippen LogP contribution in [0.2, 0.25) is 0 Å². The van der Waals surface area contributed by atoms with Gasteiger partial charge in [-0.15, -0.1) is 0 Å². The average molecular weight is 239 g/mol. The number of ketones is 1. The summed E-state index contributed by atoms with van der Waals surface area (Å²) < 4.78 is 2.04. The number of benzene rings is 1. The maximum atomic E-state index is 12.6. The third kappa shape index (κ3) is 1.78.